The van der Waals surface area contributed by atoms with Gasteiger partial charge in [-0.3, -0.25) is 9.48 Å². The van der Waals surface area contributed by atoms with Gasteiger partial charge in [0.05, 0.1) is 29.5 Å². The summed E-state index contributed by atoms with van der Waals surface area (Å²) in [5, 5.41) is 17.1. The van der Waals surface area contributed by atoms with E-state index in [4.69, 9.17) is 11.6 Å². The third-order valence-electron chi connectivity index (χ3n) is 4.69. The Hall–Kier alpha value is -2.06. The van der Waals surface area contributed by atoms with Gasteiger partial charge in [0.15, 0.2) is 6.10 Å². The Morgan fingerprint density at radius 3 is 2.54 bits per heavy atom. The Bertz CT molecular complexity index is 859. The van der Waals surface area contributed by atoms with Crippen LogP contribution in [0.3, 0.4) is 0 Å². The fourth-order valence-corrected chi connectivity index (χ4v) is 3.36. The number of aliphatic hydroxyl groups excluding tert-OH is 1. The summed E-state index contributed by atoms with van der Waals surface area (Å²) >= 11 is 5.89. The molecule has 2 atom stereocenters. The molecule has 138 valence electrons. The minimum absolute atomic E-state index is 0.0859. The summed E-state index contributed by atoms with van der Waals surface area (Å²) in [6.07, 6.45) is -5.61. The first-order valence-electron chi connectivity index (χ1n) is 8.17. The maximum Gasteiger partial charge on any atom is 0.416 e. The minimum atomic E-state index is -4.76. The highest BCUT2D eigenvalue weighted by molar-refractivity contribution is 6.30. The number of carbonyl (C=O) groups is 1. The lowest BCUT2D eigenvalue weighted by atomic mass is 10.0. The zero-order chi connectivity index (χ0) is 18.6. The third-order valence-corrected chi connectivity index (χ3v) is 4.94. The van der Waals surface area contributed by atoms with Crippen molar-refractivity contribution in [2.45, 2.75) is 43.6 Å². The largest absolute Gasteiger partial charge is 0.416 e. The number of aliphatic hydroxyl groups is 1. The molecule has 0 radical (unpaired) electrons. The Morgan fingerprint density at radius 1 is 1.31 bits per heavy atom. The number of halogens is 4. The number of aromatic nitrogens is 2. The molecule has 2 N–H and O–H groups in total. The molecule has 0 saturated heterocycles. The predicted octanol–water partition coefficient (Wildman–Crippen LogP) is 3.17. The fourth-order valence-electron chi connectivity index (χ4n) is 3.24. The number of nitrogens with one attached hydrogen (secondary N) is 1. The molecule has 1 unspecified atom stereocenters. The zero-order valence-electron chi connectivity index (χ0n) is 13.4. The maximum atomic E-state index is 12.8. The number of benzene rings is 1. The number of hydrogen-bond acceptors (Lipinski definition) is 3. The van der Waals surface area contributed by atoms with Gasteiger partial charge in [0.1, 0.15) is 0 Å². The van der Waals surface area contributed by atoms with Crippen molar-refractivity contribution in [3.8, 4) is 0 Å². The number of rotatable bonds is 4. The summed E-state index contributed by atoms with van der Waals surface area (Å²) in [4.78, 5) is 12.5. The predicted molar refractivity (Wildman–Crippen MR) is 87.0 cm³/mol. The molecular formula is C17H15ClF3N3O2. The van der Waals surface area contributed by atoms with Crippen molar-refractivity contribution < 1.29 is 23.1 Å². The van der Waals surface area contributed by atoms with Gasteiger partial charge in [-0.2, -0.15) is 18.3 Å². The molecule has 1 aliphatic carbocycles. The van der Waals surface area contributed by atoms with Crippen LogP contribution in [0.2, 0.25) is 5.02 Å². The lowest BCUT2D eigenvalue weighted by Gasteiger charge is -2.19. The van der Waals surface area contributed by atoms with Gasteiger partial charge in [0.25, 0.3) is 5.91 Å². The van der Waals surface area contributed by atoms with E-state index in [-0.39, 0.29) is 11.8 Å². The van der Waals surface area contributed by atoms with Crippen molar-refractivity contribution in [2.24, 2.45) is 0 Å². The molecule has 2 heterocycles. The topological polar surface area (TPSA) is 67.2 Å². The van der Waals surface area contributed by atoms with Crippen molar-refractivity contribution in [3.05, 3.63) is 51.8 Å². The van der Waals surface area contributed by atoms with E-state index in [1.54, 1.807) is 24.3 Å². The maximum absolute atomic E-state index is 12.8. The molecule has 0 bridgehead atoms. The number of hydrogen-bond donors (Lipinski definition) is 2. The molecule has 0 spiro atoms. The summed E-state index contributed by atoms with van der Waals surface area (Å²) < 4.78 is 39.6. The summed E-state index contributed by atoms with van der Waals surface area (Å²) in [6, 6.07) is 6.07. The van der Waals surface area contributed by atoms with Crippen molar-refractivity contribution in [1.29, 1.82) is 0 Å². The van der Waals surface area contributed by atoms with Gasteiger partial charge in [-0.15, -0.1) is 0 Å². The second kappa shape index (κ2) is 5.99. The van der Waals surface area contributed by atoms with Gasteiger partial charge in [-0.05, 0) is 30.5 Å². The first kappa shape index (κ1) is 17.4. The summed E-state index contributed by atoms with van der Waals surface area (Å²) in [7, 11) is 0. The Balaban J connectivity index is 1.78. The zero-order valence-corrected chi connectivity index (χ0v) is 14.2. The number of alkyl halides is 3. The number of fused-ring (bicyclic) bond motifs is 1. The monoisotopic (exact) mass is 385 g/mol. The molecule has 2 aliphatic rings. The molecule has 5 nitrogen and oxygen atoms in total. The summed E-state index contributed by atoms with van der Waals surface area (Å²) in [5.74, 6) is -0.266. The second-order valence-corrected chi connectivity index (χ2v) is 7.05. The van der Waals surface area contributed by atoms with E-state index < -0.39 is 24.9 Å². The Labute approximate surface area is 151 Å². The molecule has 2 aromatic rings. The van der Waals surface area contributed by atoms with Gasteiger partial charge in [0.2, 0.25) is 0 Å². The lowest BCUT2D eigenvalue weighted by molar-refractivity contribution is -0.208. The van der Waals surface area contributed by atoms with E-state index in [0.717, 1.165) is 17.5 Å². The molecule has 1 aliphatic heterocycles. The molecule has 4 rings (SSSR count). The highest BCUT2D eigenvalue weighted by Crippen LogP contribution is 2.45. The third kappa shape index (κ3) is 2.97. The first-order valence-corrected chi connectivity index (χ1v) is 8.55. The van der Waals surface area contributed by atoms with Crippen LogP contribution in [0, 0.1) is 0 Å². The fraction of sp³-hybridized carbons (Fsp3) is 0.412. The number of amides is 1. The highest BCUT2D eigenvalue weighted by Gasteiger charge is 2.44. The van der Waals surface area contributed by atoms with Crippen LogP contribution in [0.4, 0.5) is 13.2 Å². The Morgan fingerprint density at radius 2 is 1.96 bits per heavy atom. The van der Waals surface area contributed by atoms with Crippen molar-refractivity contribution >= 4 is 17.5 Å². The van der Waals surface area contributed by atoms with Crippen LogP contribution in [-0.2, 0) is 6.54 Å². The minimum Gasteiger partial charge on any atom is -0.382 e. The van der Waals surface area contributed by atoms with Crippen LogP contribution in [0.15, 0.2) is 24.3 Å². The van der Waals surface area contributed by atoms with E-state index in [1.807, 2.05) is 0 Å². The van der Waals surface area contributed by atoms with Crippen LogP contribution in [-0.4, -0.2) is 33.1 Å². The second-order valence-electron chi connectivity index (χ2n) is 6.62. The number of nitrogens with zero attached hydrogens (tertiary/aromatic N) is 2. The van der Waals surface area contributed by atoms with E-state index in [1.165, 1.54) is 0 Å². The van der Waals surface area contributed by atoms with Gasteiger partial charge < -0.3 is 10.4 Å². The molecule has 1 aromatic carbocycles. The van der Waals surface area contributed by atoms with E-state index in [0.29, 0.717) is 27.5 Å². The van der Waals surface area contributed by atoms with Gasteiger partial charge >= 0.3 is 6.18 Å². The van der Waals surface area contributed by atoms with Gasteiger partial charge in [-0.25, -0.2) is 0 Å². The average molecular weight is 386 g/mol. The smallest absolute Gasteiger partial charge is 0.382 e. The molecule has 1 fully saturated rings. The van der Waals surface area contributed by atoms with E-state index in [2.05, 4.69) is 10.4 Å². The number of carbonyl (C=O) groups excluding carboxylic acids is 1. The van der Waals surface area contributed by atoms with E-state index >= 15 is 0 Å². The Kier molecular flexibility index (Phi) is 4.00. The van der Waals surface area contributed by atoms with Crippen LogP contribution in [0.1, 0.15) is 52.1 Å². The standard InChI is InChI=1S/C17H15ClF3N3O2/c18-10-5-3-9(4-6-10)14-15-12(16(26)22-14)13(8-1-2-8)23-24(15)7-11(25)17(19,20)21/h3-6,8,11,14,25H,1-2,7H2,(H,22,26)/t11-,14?/m0/s1. The van der Waals surface area contributed by atoms with Crippen LogP contribution >= 0.6 is 11.6 Å². The lowest BCUT2D eigenvalue weighted by Crippen LogP contribution is -2.34. The van der Waals surface area contributed by atoms with Gasteiger partial charge in [-0.1, -0.05) is 23.7 Å². The molecule has 1 aromatic heterocycles. The quantitative estimate of drug-likeness (QED) is 0.849. The van der Waals surface area contributed by atoms with Gasteiger partial charge in [0, 0.05) is 10.9 Å². The highest BCUT2D eigenvalue weighted by atomic mass is 35.5. The van der Waals surface area contributed by atoms with Crippen LogP contribution < -0.4 is 5.32 Å². The first-order chi connectivity index (χ1) is 12.3. The van der Waals surface area contributed by atoms with E-state index in [9.17, 15) is 23.1 Å². The summed E-state index contributed by atoms with van der Waals surface area (Å²) in [5.41, 5.74) is 1.90. The molecule has 9 heteroatoms. The van der Waals surface area contributed by atoms with Crippen LogP contribution in [0.5, 0.6) is 0 Å². The average Bonchev–Trinajstić information content (AvgIpc) is 3.26. The normalized spacial score (nSPS) is 20.8. The molecule has 26 heavy (non-hydrogen) atoms. The molecule has 1 saturated carbocycles. The summed E-state index contributed by atoms with van der Waals surface area (Å²) in [6.45, 7) is -0.752. The molecular weight excluding hydrogens is 371 g/mol. The molecule has 1 amide bonds. The van der Waals surface area contributed by atoms with Crippen molar-refractivity contribution in [1.82, 2.24) is 15.1 Å². The van der Waals surface area contributed by atoms with Crippen molar-refractivity contribution in [2.75, 3.05) is 0 Å². The SMILES string of the molecule is O=C1NC(c2ccc(Cl)cc2)c2c1c(C1CC1)nn2C[C@H](O)C(F)(F)F. The van der Waals surface area contributed by atoms with Crippen molar-refractivity contribution in [3.63, 3.8) is 0 Å². The van der Waals surface area contributed by atoms with Crippen LogP contribution in [0.25, 0.3) is 0 Å².